The maximum Gasteiger partial charge on any atom is 0.326 e. The van der Waals surface area contributed by atoms with Crippen LogP contribution in [0.2, 0.25) is 0 Å². The molecule has 0 aromatic heterocycles. The molecule has 0 bridgehead atoms. The minimum absolute atomic E-state index is 0.109. The Labute approximate surface area is 156 Å². The van der Waals surface area contributed by atoms with E-state index >= 15 is 0 Å². The average molecular weight is 372 g/mol. The first-order valence-corrected chi connectivity index (χ1v) is 8.33. The molecule has 8 nitrogen and oxygen atoms in total. The first-order valence-electron chi connectivity index (χ1n) is 8.33. The molecule has 0 unspecified atom stereocenters. The smallest absolute Gasteiger partial charge is 0.326 e. The molecular formula is C19H20N2O6. The second kappa shape index (κ2) is 10.0. The van der Waals surface area contributed by atoms with Crippen LogP contribution in [0.4, 0.5) is 11.4 Å². The quantitative estimate of drug-likeness (QED) is 0.381. The van der Waals surface area contributed by atoms with Crippen LogP contribution in [-0.2, 0) is 25.7 Å². The molecule has 8 heteroatoms. The number of nitro benzene ring substituents is 1. The number of hydrogen-bond acceptors (Lipinski definition) is 6. The van der Waals surface area contributed by atoms with Gasteiger partial charge in [-0.15, -0.1) is 0 Å². The predicted octanol–water partition coefficient (Wildman–Crippen LogP) is 2.71. The van der Waals surface area contributed by atoms with Crippen molar-refractivity contribution in [2.24, 2.45) is 0 Å². The third-order valence-corrected chi connectivity index (χ3v) is 3.60. The summed E-state index contributed by atoms with van der Waals surface area (Å²) in [5, 5.41) is 10.8. The molecule has 2 aromatic rings. The summed E-state index contributed by atoms with van der Waals surface area (Å²) in [5.41, 5.74) is 1.15. The number of amides is 1. The fourth-order valence-electron chi connectivity index (χ4n) is 2.32. The number of ether oxygens (including phenoxy) is 2. The van der Waals surface area contributed by atoms with Gasteiger partial charge in [0.1, 0.15) is 13.2 Å². The summed E-state index contributed by atoms with van der Waals surface area (Å²) >= 11 is 0. The van der Waals surface area contributed by atoms with Crippen molar-refractivity contribution < 1.29 is 24.0 Å². The molecule has 0 radical (unpaired) electrons. The number of non-ortho nitro benzene ring substituents is 1. The fraction of sp³-hybridized carbons (Fsp3) is 0.263. The molecule has 0 aliphatic heterocycles. The summed E-state index contributed by atoms with van der Waals surface area (Å²) in [7, 11) is 0. The molecule has 0 aliphatic rings. The molecule has 0 aliphatic carbocycles. The van der Waals surface area contributed by atoms with Crippen molar-refractivity contribution in [1.82, 2.24) is 0 Å². The molecular weight excluding hydrogens is 352 g/mol. The van der Waals surface area contributed by atoms with Gasteiger partial charge < -0.3 is 9.47 Å². The number of hydrogen-bond donors (Lipinski definition) is 0. The standard InChI is InChI=1S/C19H20N2O6/c1-2-27-19(23)12-20(16-8-10-17(11-9-16)21(24)25)18(22)14-26-13-15-6-4-3-5-7-15/h3-11H,2,12-14H2,1H3. The second-order valence-electron chi connectivity index (χ2n) is 5.54. The van der Waals surface area contributed by atoms with Crippen LogP contribution in [0.1, 0.15) is 12.5 Å². The Morgan fingerprint density at radius 1 is 1.07 bits per heavy atom. The van der Waals surface area contributed by atoms with Gasteiger partial charge in [0.25, 0.3) is 11.6 Å². The zero-order chi connectivity index (χ0) is 19.6. The monoisotopic (exact) mass is 372 g/mol. The molecule has 0 heterocycles. The molecule has 0 N–H and O–H groups in total. The largest absolute Gasteiger partial charge is 0.465 e. The van der Waals surface area contributed by atoms with Crippen LogP contribution < -0.4 is 4.90 Å². The highest BCUT2D eigenvalue weighted by Crippen LogP contribution is 2.20. The van der Waals surface area contributed by atoms with Gasteiger partial charge in [-0.3, -0.25) is 24.6 Å². The number of esters is 1. The van der Waals surface area contributed by atoms with Crippen molar-refractivity contribution >= 4 is 23.3 Å². The van der Waals surface area contributed by atoms with E-state index in [1.165, 1.54) is 29.2 Å². The summed E-state index contributed by atoms with van der Waals surface area (Å²) in [4.78, 5) is 35.8. The van der Waals surface area contributed by atoms with E-state index in [1.54, 1.807) is 6.92 Å². The maximum atomic E-state index is 12.6. The summed E-state index contributed by atoms with van der Waals surface area (Å²) in [5.74, 6) is -1.03. The molecule has 142 valence electrons. The van der Waals surface area contributed by atoms with E-state index in [9.17, 15) is 19.7 Å². The Morgan fingerprint density at radius 3 is 2.33 bits per heavy atom. The zero-order valence-corrected chi connectivity index (χ0v) is 14.9. The molecule has 2 aromatic carbocycles. The minimum Gasteiger partial charge on any atom is -0.465 e. The Hall–Kier alpha value is -3.26. The van der Waals surface area contributed by atoms with E-state index in [0.717, 1.165) is 5.56 Å². The van der Waals surface area contributed by atoms with Crippen LogP contribution in [0.25, 0.3) is 0 Å². The Morgan fingerprint density at radius 2 is 1.74 bits per heavy atom. The number of carbonyl (C=O) groups excluding carboxylic acids is 2. The van der Waals surface area contributed by atoms with Crippen molar-refractivity contribution in [3.8, 4) is 0 Å². The van der Waals surface area contributed by atoms with Crippen LogP contribution in [0, 0.1) is 10.1 Å². The number of carbonyl (C=O) groups is 2. The van der Waals surface area contributed by atoms with E-state index in [4.69, 9.17) is 9.47 Å². The summed E-state index contributed by atoms with van der Waals surface area (Å²) in [6, 6.07) is 14.7. The van der Waals surface area contributed by atoms with Gasteiger partial charge in [0.2, 0.25) is 0 Å². The highest BCUT2D eigenvalue weighted by atomic mass is 16.6. The number of nitrogens with zero attached hydrogens (tertiary/aromatic N) is 2. The van der Waals surface area contributed by atoms with E-state index in [2.05, 4.69) is 0 Å². The first-order chi connectivity index (χ1) is 13.0. The Kier molecular flexibility index (Phi) is 7.45. The number of rotatable bonds is 9. The van der Waals surface area contributed by atoms with Gasteiger partial charge in [0, 0.05) is 17.8 Å². The fourth-order valence-corrected chi connectivity index (χ4v) is 2.32. The second-order valence-corrected chi connectivity index (χ2v) is 5.54. The SMILES string of the molecule is CCOC(=O)CN(C(=O)COCc1ccccc1)c1ccc([N+](=O)[O-])cc1. The maximum absolute atomic E-state index is 12.6. The summed E-state index contributed by atoms with van der Waals surface area (Å²) in [6.07, 6.45) is 0. The first kappa shape index (κ1) is 20.1. The van der Waals surface area contributed by atoms with Crippen molar-refractivity contribution in [3.63, 3.8) is 0 Å². The predicted molar refractivity (Wildman–Crippen MR) is 98.2 cm³/mol. The number of nitro groups is 1. The lowest BCUT2D eigenvalue weighted by Crippen LogP contribution is -2.38. The van der Waals surface area contributed by atoms with Gasteiger partial charge in [-0.2, -0.15) is 0 Å². The van der Waals surface area contributed by atoms with Crippen molar-refractivity contribution in [2.45, 2.75) is 13.5 Å². The van der Waals surface area contributed by atoms with Crippen molar-refractivity contribution in [1.29, 1.82) is 0 Å². The number of anilines is 1. The topological polar surface area (TPSA) is 99.0 Å². The third kappa shape index (κ3) is 6.19. The van der Waals surface area contributed by atoms with E-state index in [0.29, 0.717) is 5.69 Å². The lowest BCUT2D eigenvalue weighted by atomic mass is 10.2. The van der Waals surface area contributed by atoms with Gasteiger partial charge in [-0.1, -0.05) is 30.3 Å². The molecule has 1 amide bonds. The lowest BCUT2D eigenvalue weighted by molar-refractivity contribution is -0.384. The molecule has 27 heavy (non-hydrogen) atoms. The van der Waals surface area contributed by atoms with E-state index < -0.39 is 16.8 Å². The average Bonchev–Trinajstić information content (AvgIpc) is 2.67. The van der Waals surface area contributed by atoms with Crippen molar-refractivity contribution in [3.05, 3.63) is 70.3 Å². The summed E-state index contributed by atoms with van der Waals surface area (Å²) in [6.45, 7) is 1.55. The van der Waals surface area contributed by atoms with Gasteiger partial charge in [-0.25, -0.2) is 0 Å². The molecule has 0 atom stereocenters. The number of benzene rings is 2. The van der Waals surface area contributed by atoms with Crippen LogP contribution in [0.5, 0.6) is 0 Å². The Balaban J connectivity index is 2.07. The molecule has 0 spiro atoms. The van der Waals surface area contributed by atoms with Crippen LogP contribution >= 0.6 is 0 Å². The molecule has 0 fully saturated rings. The normalized spacial score (nSPS) is 10.3. The summed E-state index contributed by atoms with van der Waals surface area (Å²) < 4.78 is 10.3. The highest BCUT2D eigenvalue weighted by Gasteiger charge is 2.21. The highest BCUT2D eigenvalue weighted by molar-refractivity contribution is 5.98. The van der Waals surface area contributed by atoms with Gasteiger partial charge in [-0.05, 0) is 24.6 Å². The lowest BCUT2D eigenvalue weighted by Gasteiger charge is -2.21. The third-order valence-electron chi connectivity index (χ3n) is 3.60. The molecule has 0 saturated carbocycles. The van der Waals surface area contributed by atoms with Gasteiger partial charge in [0.15, 0.2) is 0 Å². The van der Waals surface area contributed by atoms with Crippen LogP contribution in [0.3, 0.4) is 0 Å². The van der Waals surface area contributed by atoms with Crippen molar-refractivity contribution in [2.75, 3.05) is 24.7 Å². The van der Waals surface area contributed by atoms with Gasteiger partial charge >= 0.3 is 5.97 Å². The van der Waals surface area contributed by atoms with E-state index in [-0.39, 0.29) is 32.1 Å². The molecule has 0 saturated heterocycles. The van der Waals surface area contributed by atoms with Crippen LogP contribution in [-0.4, -0.2) is 36.6 Å². The van der Waals surface area contributed by atoms with E-state index in [1.807, 2.05) is 30.3 Å². The zero-order valence-electron chi connectivity index (χ0n) is 14.9. The van der Waals surface area contributed by atoms with Crippen LogP contribution in [0.15, 0.2) is 54.6 Å². The molecule has 2 rings (SSSR count). The van der Waals surface area contributed by atoms with Gasteiger partial charge in [0.05, 0.1) is 18.1 Å². The minimum atomic E-state index is -0.577. The Bertz CT molecular complexity index is 777.